The second-order valence-electron chi connectivity index (χ2n) is 11.9. The minimum absolute atomic E-state index is 0.152. The lowest BCUT2D eigenvalue weighted by Crippen LogP contribution is -2.59. The molecule has 2 aromatic rings. The zero-order chi connectivity index (χ0) is 25.5. The summed E-state index contributed by atoms with van der Waals surface area (Å²) in [6, 6.07) is 16.8. The third-order valence-corrected chi connectivity index (χ3v) is 11.7. The summed E-state index contributed by atoms with van der Waals surface area (Å²) in [6.45, 7) is 8.57. The first kappa shape index (κ1) is 25.4. The molecule has 0 aromatic heterocycles. The Balaban J connectivity index is 1.06. The van der Waals surface area contributed by atoms with Crippen LogP contribution in [-0.2, 0) is 21.8 Å². The molecule has 200 valence electrons. The number of likely N-dealkylation sites (tertiary alicyclic amines) is 1. The van der Waals surface area contributed by atoms with E-state index >= 15 is 0 Å². The van der Waals surface area contributed by atoms with Gasteiger partial charge in [0.1, 0.15) is 0 Å². The van der Waals surface area contributed by atoms with Crippen molar-refractivity contribution in [3.63, 3.8) is 0 Å². The minimum Gasteiger partial charge on any atom is -0.371 e. The van der Waals surface area contributed by atoms with E-state index in [1.165, 1.54) is 64.6 Å². The van der Waals surface area contributed by atoms with Crippen LogP contribution in [0.2, 0.25) is 0 Å². The highest BCUT2D eigenvalue weighted by molar-refractivity contribution is 7.91. The van der Waals surface area contributed by atoms with E-state index in [0.29, 0.717) is 10.8 Å². The highest BCUT2D eigenvalue weighted by Crippen LogP contribution is 2.50. The van der Waals surface area contributed by atoms with Crippen molar-refractivity contribution in [2.24, 2.45) is 17.8 Å². The molecule has 6 rings (SSSR count). The Hall–Kier alpha value is -1.89. The molecule has 3 heterocycles. The molecule has 4 aliphatic rings. The van der Waals surface area contributed by atoms with E-state index in [2.05, 4.69) is 39.4 Å². The van der Waals surface area contributed by atoms with Crippen LogP contribution in [0.15, 0.2) is 53.4 Å². The van der Waals surface area contributed by atoms with Crippen molar-refractivity contribution in [1.29, 1.82) is 0 Å². The average molecular weight is 522 g/mol. The fourth-order valence-corrected chi connectivity index (χ4v) is 8.83. The second kappa shape index (κ2) is 10.3. The van der Waals surface area contributed by atoms with Crippen LogP contribution in [0.5, 0.6) is 0 Å². The van der Waals surface area contributed by atoms with E-state index < -0.39 is 9.84 Å². The molecule has 3 fully saturated rings. The van der Waals surface area contributed by atoms with Gasteiger partial charge in [-0.25, -0.2) is 8.42 Å². The molecule has 0 bridgehead atoms. The van der Waals surface area contributed by atoms with Crippen LogP contribution < -0.4 is 10.2 Å². The molecule has 1 N–H and O–H groups in total. The summed E-state index contributed by atoms with van der Waals surface area (Å²) in [7, 11) is -3.13. The normalized spacial score (nSPS) is 26.2. The van der Waals surface area contributed by atoms with Gasteiger partial charge in [0.2, 0.25) is 0 Å². The van der Waals surface area contributed by atoms with Crippen molar-refractivity contribution >= 4 is 15.5 Å². The van der Waals surface area contributed by atoms with Gasteiger partial charge in [0, 0.05) is 43.3 Å². The van der Waals surface area contributed by atoms with Crippen molar-refractivity contribution in [2.75, 3.05) is 49.9 Å². The molecular formula is C31H43N3O2S. The average Bonchev–Trinajstić information content (AvgIpc) is 3.46. The topological polar surface area (TPSA) is 52.7 Å². The van der Waals surface area contributed by atoms with Crippen molar-refractivity contribution < 1.29 is 8.42 Å². The summed E-state index contributed by atoms with van der Waals surface area (Å²) in [4.78, 5) is 5.54. The molecular weight excluding hydrogens is 478 g/mol. The zero-order valence-corrected chi connectivity index (χ0v) is 23.2. The Labute approximate surface area is 223 Å². The number of rotatable bonds is 7. The van der Waals surface area contributed by atoms with E-state index in [4.69, 9.17) is 0 Å². The Morgan fingerprint density at radius 1 is 0.919 bits per heavy atom. The first-order valence-electron chi connectivity index (χ1n) is 14.6. The monoisotopic (exact) mass is 521 g/mol. The maximum absolute atomic E-state index is 12.1. The van der Waals surface area contributed by atoms with Gasteiger partial charge >= 0.3 is 0 Å². The summed E-state index contributed by atoms with van der Waals surface area (Å²) >= 11 is 0. The van der Waals surface area contributed by atoms with Gasteiger partial charge in [-0.2, -0.15) is 0 Å². The maximum atomic E-state index is 12.1. The van der Waals surface area contributed by atoms with E-state index in [1.54, 1.807) is 30.2 Å². The fourth-order valence-electron chi connectivity index (χ4n) is 7.95. The van der Waals surface area contributed by atoms with E-state index in [-0.39, 0.29) is 11.3 Å². The van der Waals surface area contributed by atoms with Crippen LogP contribution in [-0.4, -0.2) is 58.3 Å². The van der Waals surface area contributed by atoms with Crippen molar-refractivity contribution in [3.05, 3.63) is 59.7 Å². The molecule has 6 heteroatoms. The van der Waals surface area contributed by atoms with Crippen molar-refractivity contribution in [2.45, 2.75) is 62.3 Å². The quantitative estimate of drug-likeness (QED) is 0.564. The predicted molar refractivity (Wildman–Crippen MR) is 151 cm³/mol. The molecule has 2 aromatic carbocycles. The van der Waals surface area contributed by atoms with Gasteiger partial charge in [-0.3, -0.25) is 0 Å². The molecule has 2 saturated heterocycles. The summed E-state index contributed by atoms with van der Waals surface area (Å²) in [5.74, 6) is 2.36. The highest BCUT2D eigenvalue weighted by atomic mass is 32.2. The highest BCUT2D eigenvalue weighted by Gasteiger charge is 2.50. The van der Waals surface area contributed by atoms with Crippen molar-refractivity contribution in [1.82, 2.24) is 10.2 Å². The molecule has 3 aliphatic heterocycles. The number of nitrogens with one attached hydrogen (secondary N) is 1. The van der Waals surface area contributed by atoms with E-state index in [1.807, 2.05) is 12.1 Å². The summed E-state index contributed by atoms with van der Waals surface area (Å²) in [5.41, 5.74) is 4.54. The van der Waals surface area contributed by atoms with Gasteiger partial charge in [0.05, 0.1) is 10.6 Å². The largest absolute Gasteiger partial charge is 0.371 e. The van der Waals surface area contributed by atoms with Crippen molar-refractivity contribution in [3.8, 4) is 0 Å². The van der Waals surface area contributed by atoms with Crippen LogP contribution in [0.4, 0.5) is 5.69 Å². The van der Waals surface area contributed by atoms with Gasteiger partial charge in [-0.1, -0.05) is 44.0 Å². The van der Waals surface area contributed by atoms with Gasteiger partial charge in [-0.05, 0) is 92.4 Å². The lowest BCUT2D eigenvalue weighted by molar-refractivity contribution is 0.0492. The molecule has 0 spiro atoms. The molecule has 0 radical (unpaired) electrons. The predicted octanol–water partition coefficient (Wildman–Crippen LogP) is 4.86. The van der Waals surface area contributed by atoms with Crippen LogP contribution in [0.3, 0.4) is 0 Å². The summed E-state index contributed by atoms with van der Waals surface area (Å²) < 4.78 is 24.2. The number of anilines is 1. The van der Waals surface area contributed by atoms with Gasteiger partial charge < -0.3 is 15.1 Å². The fraction of sp³-hybridized carbons (Fsp3) is 0.613. The molecule has 1 saturated carbocycles. The zero-order valence-electron chi connectivity index (χ0n) is 22.4. The smallest absolute Gasteiger partial charge is 0.178 e. The first-order chi connectivity index (χ1) is 18.0. The minimum atomic E-state index is -3.13. The standard InChI is InChI=1S/C31H43N3O2S/c1-2-37(35,36)29-13-11-28(12-14-29)34-22-24(23-34)21-33-19-16-27(17-20-33)31(26-8-4-5-9-26)30-10-6-3-7-25(30)15-18-32-31/h3,6-7,10-14,24,26-27,32H,2,4-5,8-9,15-23H2,1H3. The van der Waals surface area contributed by atoms with Crippen LogP contribution >= 0.6 is 0 Å². The Bertz CT molecular complexity index is 1180. The van der Waals surface area contributed by atoms with Gasteiger partial charge in [0.15, 0.2) is 9.84 Å². The van der Waals surface area contributed by atoms with Crippen LogP contribution in [0.1, 0.15) is 56.6 Å². The number of hydrogen-bond acceptors (Lipinski definition) is 5. The van der Waals surface area contributed by atoms with Gasteiger partial charge in [-0.15, -0.1) is 0 Å². The summed E-state index contributed by atoms with van der Waals surface area (Å²) in [6.07, 6.45) is 9.30. The third-order valence-electron chi connectivity index (χ3n) is 9.92. The lowest BCUT2D eigenvalue weighted by atomic mass is 9.63. The number of sulfone groups is 1. The molecule has 0 amide bonds. The molecule has 5 nitrogen and oxygen atoms in total. The molecule has 1 aliphatic carbocycles. The Kier molecular flexibility index (Phi) is 7.10. The van der Waals surface area contributed by atoms with Gasteiger partial charge in [0.25, 0.3) is 0 Å². The van der Waals surface area contributed by atoms with Crippen LogP contribution in [0, 0.1) is 17.8 Å². The van der Waals surface area contributed by atoms with E-state index in [0.717, 1.165) is 37.2 Å². The second-order valence-corrected chi connectivity index (χ2v) is 14.2. The number of benzene rings is 2. The number of piperidine rings is 1. The molecule has 1 unspecified atom stereocenters. The Morgan fingerprint density at radius 2 is 1.59 bits per heavy atom. The van der Waals surface area contributed by atoms with Crippen LogP contribution in [0.25, 0.3) is 0 Å². The lowest BCUT2D eigenvalue weighted by Gasteiger charge is -2.53. The third kappa shape index (κ3) is 4.74. The summed E-state index contributed by atoms with van der Waals surface area (Å²) in [5, 5.41) is 4.16. The van der Waals surface area contributed by atoms with E-state index in [9.17, 15) is 8.42 Å². The number of fused-ring (bicyclic) bond motifs is 1. The SMILES string of the molecule is CCS(=O)(=O)c1ccc(N2CC(CN3CCC(C4(C5CCCC5)NCCc5ccccc54)CC3)C2)cc1. The number of hydrogen-bond donors (Lipinski definition) is 1. The molecule has 37 heavy (non-hydrogen) atoms. The molecule has 1 atom stereocenters. The Morgan fingerprint density at radius 3 is 2.30 bits per heavy atom. The number of nitrogens with zero attached hydrogens (tertiary/aromatic N) is 2. The maximum Gasteiger partial charge on any atom is 0.178 e. The first-order valence-corrected chi connectivity index (χ1v) is 16.3.